The molecule has 0 radical (unpaired) electrons. The Balaban J connectivity index is 2.10. The van der Waals surface area contributed by atoms with Crippen molar-refractivity contribution in [1.82, 2.24) is 9.29 Å². The van der Waals surface area contributed by atoms with E-state index in [0.29, 0.717) is 0 Å². The zero-order valence-corrected chi connectivity index (χ0v) is 16.6. The number of anilines is 1. The SMILES string of the molecule is CN(C)S(=O)(=O)c1ccc(Cl)c(C(=O)OCC(=O)Nc2cccnc2Cl)c1. The van der Waals surface area contributed by atoms with Crippen LogP contribution in [0.25, 0.3) is 0 Å². The van der Waals surface area contributed by atoms with Crippen molar-refractivity contribution in [3.63, 3.8) is 0 Å². The first kappa shape index (κ1) is 21.1. The number of esters is 1. The van der Waals surface area contributed by atoms with Crippen LogP contribution in [0, 0.1) is 0 Å². The fourth-order valence-electron chi connectivity index (χ4n) is 1.91. The molecule has 2 rings (SSSR count). The number of carbonyl (C=O) groups excluding carboxylic acids is 2. The Hall–Kier alpha value is -2.20. The van der Waals surface area contributed by atoms with Crippen molar-refractivity contribution in [2.45, 2.75) is 4.90 Å². The number of benzene rings is 1. The third kappa shape index (κ3) is 5.16. The summed E-state index contributed by atoms with van der Waals surface area (Å²) in [4.78, 5) is 27.8. The van der Waals surface area contributed by atoms with Crippen molar-refractivity contribution in [2.24, 2.45) is 0 Å². The van der Waals surface area contributed by atoms with Crippen LogP contribution in [0.5, 0.6) is 0 Å². The third-order valence-electron chi connectivity index (χ3n) is 3.30. The first-order chi connectivity index (χ1) is 12.6. The second-order valence-corrected chi connectivity index (χ2v) is 8.31. The smallest absolute Gasteiger partial charge is 0.340 e. The molecule has 8 nitrogen and oxygen atoms in total. The molecule has 1 N–H and O–H groups in total. The first-order valence-corrected chi connectivity index (χ1v) is 9.62. The van der Waals surface area contributed by atoms with E-state index in [4.69, 9.17) is 27.9 Å². The standard InChI is InChI=1S/C16H15Cl2N3O5S/c1-21(2)27(24,25)10-5-6-12(17)11(8-10)16(23)26-9-14(22)20-13-4-3-7-19-15(13)18/h3-8H,9H2,1-2H3,(H,20,22). The number of pyridine rings is 1. The number of ether oxygens (including phenoxy) is 1. The van der Waals surface area contributed by atoms with E-state index in [0.717, 1.165) is 10.4 Å². The minimum atomic E-state index is -3.76. The lowest BCUT2D eigenvalue weighted by Crippen LogP contribution is -2.23. The van der Waals surface area contributed by atoms with Crippen molar-refractivity contribution >= 4 is 50.8 Å². The summed E-state index contributed by atoms with van der Waals surface area (Å²) in [5.41, 5.74) is 0.0872. The average Bonchev–Trinajstić information content (AvgIpc) is 2.61. The second kappa shape index (κ2) is 8.66. The Bertz CT molecular complexity index is 980. The minimum absolute atomic E-state index is 0.00609. The normalized spacial score (nSPS) is 11.3. The molecule has 0 saturated carbocycles. The van der Waals surface area contributed by atoms with Gasteiger partial charge in [-0.3, -0.25) is 4.79 Å². The highest BCUT2D eigenvalue weighted by atomic mass is 35.5. The van der Waals surface area contributed by atoms with E-state index in [1.165, 1.54) is 38.5 Å². The Morgan fingerprint density at radius 3 is 2.56 bits per heavy atom. The summed E-state index contributed by atoms with van der Waals surface area (Å²) in [6.07, 6.45) is 1.45. The molecule has 0 spiro atoms. The van der Waals surface area contributed by atoms with Crippen LogP contribution >= 0.6 is 23.2 Å². The van der Waals surface area contributed by atoms with Gasteiger partial charge in [0, 0.05) is 20.3 Å². The lowest BCUT2D eigenvalue weighted by atomic mass is 10.2. The van der Waals surface area contributed by atoms with E-state index in [9.17, 15) is 18.0 Å². The van der Waals surface area contributed by atoms with E-state index in [-0.39, 0.29) is 26.3 Å². The molecule has 0 bridgehead atoms. The number of nitrogens with one attached hydrogen (secondary N) is 1. The van der Waals surface area contributed by atoms with Crippen LogP contribution in [0.1, 0.15) is 10.4 Å². The predicted molar refractivity (Wildman–Crippen MR) is 100 cm³/mol. The minimum Gasteiger partial charge on any atom is -0.452 e. The van der Waals surface area contributed by atoms with Crippen LogP contribution in [0.3, 0.4) is 0 Å². The molecule has 1 heterocycles. The first-order valence-electron chi connectivity index (χ1n) is 7.42. The highest BCUT2D eigenvalue weighted by Crippen LogP contribution is 2.23. The van der Waals surface area contributed by atoms with Crippen LogP contribution in [0.2, 0.25) is 10.2 Å². The van der Waals surface area contributed by atoms with Crippen LogP contribution in [-0.2, 0) is 19.6 Å². The summed E-state index contributed by atoms with van der Waals surface area (Å²) in [7, 11) is -1.05. The monoisotopic (exact) mass is 431 g/mol. The largest absolute Gasteiger partial charge is 0.452 e. The van der Waals surface area contributed by atoms with Crippen molar-refractivity contribution in [2.75, 3.05) is 26.0 Å². The van der Waals surface area contributed by atoms with Gasteiger partial charge < -0.3 is 10.1 Å². The molecule has 0 fully saturated rings. The van der Waals surface area contributed by atoms with Gasteiger partial charge in [0.15, 0.2) is 11.8 Å². The molecule has 1 aromatic heterocycles. The fourth-order valence-corrected chi connectivity index (χ4v) is 3.20. The summed E-state index contributed by atoms with van der Waals surface area (Å²) in [6, 6.07) is 6.73. The van der Waals surface area contributed by atoms with Crippen LogP contribution in [0.15, 0.2) is 41.4 Å². The maximum atomic E-state index is 12.2. The van der Waals surface area contributed by atoms with Gasteiger partial charge in [0.05, 0.1) is 21.2 Å². The Morgan fingerprint density at radius 1 is 1.22 bits per heavy atom. The summed E-state index contributed by atoms with van der Waals surface area (Å²) < 4.78 is 30.2. The topological polar surface area (TPSA) is 106 Å². The van der Waals surface area contributed by atoms with E-state index in [2.05, 4.69) is 10.3 Å². The number of aromatic nitrogens is 1. The zero-order chi connectivity index (χ0) is 20.2. The Kier molecular flexibility index (Phi) is 6.77. The second-order valence-electron chi connectivity index (χ2n) is 5.40. The Morgan fingerprint density at radius 2 is 1.93 bits per heavy atom. The lowest BCUT2D eigenvalue weighted by molar-refractivity contribution is -0.119. The van der Waals surface area contributed by atoms with Gasteiger partial charge >= 0.3 is 5.97 Å². The molecule has 144 valence electrons. The van der Waals surface area contributed by atoms with Crippen molar-refractivity contribution < 1.29 is 22.7 Å². The predicted octanol–water partition coefficient (Wildman–Crippen LogP) is 2.43. The van der Waals surface area contributed by atoms with Gasteiger partial charge in [0.1, 0.15) is 0 Å². The van der Waals surface area contributed by atoms with E-state index >= 15 is 0 Å². The van der Waals surface area contributed by atoms with Crippen molar-refractivity contribution in [1.29, 1.82) is 0 Å². The maximum Gasteiger partial charge on any atom is 0.340 e. The molecule has 0 unspecified atom stereocenters. The molecule has 2 aromatic rings. The average molecular weight is 432 g/mol. The van der Waals surface area contributed by atoms with Crippen LogP contribution in [0.4, 0.5) is 5.69 Å². The highest BCUT2D eigenvalue weighted by molar-refractivity contribution is 7.89. The van der Waals surface area contributed by atoms with Gasteiger partial charge in [0.2, 0.25) is 10.0 Å². The lowest BCUT2D eigenvalue weighted by Gasteiger charge is -2.13. The Labute approximate surface area is 166 Å². The molecular weight excluding hydrogens is 417 g/mol. The zero-order valence-electron chi connectivity index (χ0n) is 14.3. The van der Waals surface area contributed by atoms with E-state index < -0.39 is 28.5 Å². The molecular formula is C16H15Cl2N3O5S. The van der Waals surface area contributed by atoms with Gasteiger partial charge in [-0.15, -0.1) is 0 Å². The third-order valence-corrected chi connectivity index (χ3v) is 5.75. The maximum absolute atomic E-state index is 12.2. The summed E-state index contributed by atoms with van der Waals surface area (Å²) in [5.74, 6) is -1.59. The molecule has 0 aliphatic rings. The van der Waals surface area contributed by atoms with Gasteiger partial charge in [-0.2, -0.15) is 0 Å². The van der Waals surface area contributed by atoms with Crippen LogP contribution in [-0.4, -0.2) is 50.3 Å². The van der Waals surface area contributed by atoms with Crippen molar-refractivity contribution in [3.05, 3.63) is 52.3 Å². The molecule has 27 heavy (non-hydrogen) atoms. The molecule has 0 atom stereocenters. The van der Waals surface area contributed by atoms with E-state index in [1.807, 2.05) is 0 Å². The summed E-state index contributed by atoms with van der Waals surface area (Å²) in [6.45, 7) is -0.620. The van der Waals surface area contributed by atoms with Crippen molar-refractivity contribution in [3.8, 4) is 0 Å². The summed E-state index contributed by atoms with van der Waals surface area (Å²) >= 11 is 11.8. The van der Waals surface area contributed by atoms with E-state index in [1.54, 1.807) is 6.07 Å². The van der Waals surface area contributed by atoms with Gasteiger partial charge in [-0.25, -0.2) is 22.5 Å². The summed E-state index contributed by atoms with van der Waals surface area (Å²) in [5, 5.41) is 2.51. The molecule has 0 saturated heterocycles. The number of rotatable bonds is 6. The van der Waals surface area contributed by atoms with Crippen LogP contribution < -0.4 is 5.32 Å². The number of sulfonamides is 1. The van der Waals surface area contributed by atoms with Gasteiger partial charge in [0.25, 0.3) is 5.91 Å². The number of amides is 1. The number of hydrogen-bond donors (Lipinski definition) is 1. The molecule has 11 heteroatoms. The van der Waals surface area contributed by atoms with Gasteiger partial charge in [-0.1, -0.05) is 23.2 Å². The molecule has 1 aromatic carbocycles. The number of carbonyl (C=O) groups is 2. The molecule has 0 aliphatic carbocycles. The molecule has 0 aliphatic heterocycles. The molecule has 1 amide bonds. The quantitative estimate of drug-likeness (QED) is 0.555. The highest BCUT2D eigenvalue weighted by Gasteiger charge is 2.22. The number of hydrogen-bond acceptors (Lipinski definition) is 6. The van der Waals surface area contributed by atoms with Gasteiger partial charge in [-0.05, 0) is 30.3 Å². The number of halogens is 2. The fraction of sp³-hybridized carbons (Fsp3) is 0.188. The number of nitrogens with zero attached hydrogens (tertiary/aromatic N) is 2.